The van der Waals surface area contributed by atoms with Gasteiger partial charge in [-0.05, 0) is 89.7 Å². The minimum atomic E-state index is -0.0114. The van der Waals surface area contributed by atoms with Crippen LogP contribution in [0.3, 0.4) is 0 Å². The highest BCUT2D eigenvalue weighted by Gasteiger charge is 2.31. The van der Waals surface area contributed by atoms with Crippen LogP contribution in [0, 0.1) is 3.57 Å². The van der Waals surface area contributed by atoms with E-state index in [4.69, 9.17) is 9.47 Å². The molecule has 5 nitrogen and oxygen atoms in total. The molecule has 2 aromatic rings. The Morgan fingerprint density at radius 1 is 1.14 bits per heavy atom. The van der Waals surface area contributed by atoms with Crippen LogP contribution in [-0.2, 0) is 11.4 Å². The number of likely N-dealkylation sites (N-methyl/N-ethyl adjacent to an activating group) is 1. The largest absolute Gasteiger partial charge is 0.493 e. The molecule has 1 heterocycles. The van der Waals surface area contributed by atoms with Gasteiger partial charge in [0.15, 0.2) is 16.7 Å². The summed E-state index contributed by atoms with van der Waals surface area (Å²) in [6.45, 7) is 5.64. The second-order valence-electron chi connectivity index (χ2n) is 6.24. The first kappa shape index (κ1) is 21.7. The number of hydrogen-bond acceptors (Lipinski definition) is 5. The fraction of sp³-hybridized carbons (Fsp3) is 0.273. The van der Waals surface area contributed by atoms with Crippen molar-refractivity contribution in [1.29, 1.82) is 0 Å². The second-order valence-corrected chi connectivity index (χ2v) is 8.50. The third-order valence-electron chi connectivity index (χ3n) is 4.29. The summed E-state index contributed by atoms with van der Waals surface area (Å²) in [5.74, 6) is 1.29. The molecule has 1 fully saturated rings. The van der Waals surface area contributed by atoms with E-state index < -0.39 is 0 Å². The van der Waals surface area contributed by atoms with Crippen molar-refractivity contribution in [3.63, 3.8) is 0 Å². The number of carbonyl (C=O) groups excluding carboxylic acids is 1. The average Bonchev–Trinajstić information content (AvgIpc) is 3.02. The third kappa shape index (κ3) is 5.33. The minimum Gasteiger partial charge on any atom is -0.493 e. The molecule has 152 valence electrons. The Morgan fingerprint density at radius 2 is 1.90 bits per heavy atom. The Labute approximate surface area is 189 Å². The maximum Gasteiger partial charge on any atom is 0.266 e. The lowest BCUT2D eigenvalue weighted by atomic mass is 10.1. The van der Waals surface area contributed by atoms with Crippen molar-refractivity contribution in [2.45, 2.75) is 20.5 Å². The van der Waals surface area contributed by atoms with E-state index in [-0.39, 0.29) is 5.91 Å². The zero-order valence-electron chi connectivity index (χ0n) is 16.6. The lowest BCUT2D eigenvalue weighted by Gasteiger charge is -2.12. The van der Waals surface area contributed by atoms with Gasteiger partial charge in [0.1, 0.15) is 6.61 Å². The SMILES string of the molecule is CCN=C1S/C(=C\c2ccc(OCc3ccc(I)cc3)c(OC)c2)C(=O)N1CC. The van der Waals surface area contributed by atoms with Gasteiger partial charge < -0.3 is 9.47 Å². The number of amides is 1. The van der Waals surface area contributed by atoms with Crippen molar-refractivity contribution >= 4 is 51.5 Å². The van der Waals surface area contributed by atoms with E-state index >= 15 is 0 Å². The summed E-state index contributed by atoms with van der Waals surface area (Å²) in [6.07, 6.45) is 1.87. The van der Waals surface area contributed by atoms with E-state index in [0.717, 1.165) is 16.3 Å². The number of nitrogens with zero attached hydrogens (tertiary/aromatic N) is 2. The number of carbonyl (C=O) groups is 1. The van der Waals surface area contributed by atoms with Crippen LogP contribution in [0.25, 0.3) is 6.08 Å². The van der Waals surface area contributed by atoms with Gasteiger partial charge >= 0.3 is 0 Å². The molecule has 0 N–H and O–H groups in total. The molecular weight excluding hydrogens is 499 g/mol. The molecular formula is C22H23IN2O3S. The molecule has 1 aliphatic heterocycles. The number of ether oxygens (including phenoxy) is 2. The molecule has 0 aliphatic carbocycles. The highest BCUT2D eigenvalue weighted by atomic mass is 127. The third-order valence-corrected chi connectivity index (χ3v) is 6.05. The minimum absolute atomic E-state index is 0.0114. The first-order valence-corrected chi connectivity index (χ1v) is 11.3. The molecule has 1 saturated heterocycles. The van der Waals surface area contributed by atoms with Crippen molar-refractivity contribution in [3.05, 3.63) is 62.1 Å². The van der Waals surface area contributed by atoms with E-state index in [9.17, 15) is 4.79 Å². The average molecular weight is 522 g/mol. The number of rotatable bonds is 7. The summed E-state index contributed by atoms with van der Waals surface area (Å²) >= 11 is 3.69. The van der Waals surface area contributed by atoms with E-state index in [1.54, 1.807) is 12.0 Å². The fourth-order valence-corrected chi connectivity index (χ4v) is 4.29. The summed E-state index contributed by atoms with van der Waals surface area (Å²) in [5, 5.41) is 0.760. The second kappa shape index (κ2) is 10.2. The Balaban J connectivity index is 1.78. The molecule has 1 aliphatic rings. The van der Waals surface area contributed by atoms with E-state index in [1.807, 2.05) is 50.3 Å². The first-order valence-electron chi connectivity index (χ1n) is 9.36. The molecule has 0 radical (unpaired) electrons. The van der Waals surface area contributed by atoms with E-state index in [1.165, 1.54) is 15.3 Å². The smallest absolute Gasteiger partial charge is 0.266 e. The molecule has 0 aromatic heterocycles. The lowest BCUT2D eigenvalue weighted by Crippen LogP contribution is -2.28. The molecule has 29 heavy (non-hydrogen) atoms. The van der Waals surface area contributed by atoms with Gasteiger partial charge in [-0.15, -0.1) is 0 Å². The van der Waals surface area contributed by atoms with Crippen LogP contribution in [-0.4, -0.2) is 36.2 Å². The standard InChI is InChI=1S/C22H23IN2O3S/c1-4-24-22-25(5-2)21(26)20(29-22)13-16-8-11-18(19(12-16)27-3)28-14-15-6-9-17(23)10-7-15/h6-13H,4-5,14H2,1-3H3/b20-13-,24-22?. The Bertz CT molecular complexity index is 942. The van der Waals surface area contributed by atoms with Crippen molar-refractivity contribution in [2.24, 2.45) is 4.99 Å². The molecule has 1 amide bonds. The van der Waals surface area contributed by atoms with E-state index in [2.05, 4.69) is 39.7 Å². The number of hydrogen-bond donors (Lipinski definition) is 0. The molecule has 0 unspecified atom stereocenters. The van der Waals surface area contributed by atoms with Gasteiger partial charge in [0.2, 0.25) is 0 Å². The quantitative estimate of drug-likeness (QED) is 0.371. The Hall–Kier alpha value is -2.00. The zero-order valence-corrected chi connectivity index (χ0v) is 19.6. The van der Waals surface area contributed by atoms with Crippen LogP contribution < -0.4 is 9.47 Å². The van der Waals surface area contributed by atoms with Crippen molar-refractivity contribution in [2.75, 3.05) is 20.2 Å². The predicted molar refractivity (Wildman–Crippen MR) is 127 cm³/mol. The molecule has 7 heteroatoms. The maximum atomic E-state index is 12.6. The van der Waals surface area contributed by atoms with Gasteiger partial charge in [0.25, 0.3) is 5.91 Å². The molecule has 0 spiro atoms. The molecule has 0 atom stereocenters. The molecule has 0 bridgehead atoms. The number of aliphatic imine (C=N–C) groups is 1. The topological polar surface area (TPSA) is 51.1 Å². The van der Waals surface area contributed by atoms with Gasteiger partial charge in [-0.25, -0.2) is 0 Å². The van der Waals surface area contributed by atoms with Gasteiger partial charge in [-0.3, -0.25) is 14.7 Å². The highest BCUT2D eigenvalue weighted by Crippen LogP contribution is 2.34. The van der Waals surface area contributed by atoms with Crippen molar-refractivity contribution in [3.8, 4) is 11.5 Å². The summed E-state index contributed by atoms with van der Waals surface area (Å²) < 4.78 is 12.6. The normalized spacial score (nSPS) is 16.7. The number of halogens is 1. The van der Waals surface area contributed by atoms with Crippen molar-refractivity contribution < 1.29 is 14.3 Å². The zero-order chi connectivity index (χ0) is 20.8. The first-order chi connectivity index (χ1) is 14.0. The highest BCUT2D eigenvalue weighted by molar-refractivity contribution is 14.1. The van der Waals surface area contributed by atoms with Crippen LogP contribution in [0.4, 0.5) is 0 Å². The van der Waals surface area contributed by atoms with Crippen LogP contribution in [0.5, 0.6) is 11.5 Å². The lowest BCUT2D eigenvalue weighted by molar-refractivity contribution is -0.122. The summed E-state index contributed by atoms with van der Waals surface area (Å²) in [7, 11) is 1.62. The summed E-state index contributed by atoms with van der Waals surface area (Å²) in [5.41, 5.74) is 1.97. The Morgan fingerprint density at radius 3 is 2.55 bits per heavy atom. The maximum absolute atomic E-state index is 12.6. The van der Waals surface area contributed by atoms with Crippen LogP contribution >= 0.6 is 34.4 Å². The number of amidine groups is 1. The van der Waals surface area contributed by atoms with Crippen LogP contribution in [0.1, 0.15) is 25.0 Å². The fourth-order valence-electron chi connectivity index (χ4n) is 2.83. The van der Waals surface area contributed by atoms with Crippen molar-refractivity contribution in [1.82, 2.24) is 4.90 Å². The Kier molecular flexibility index (Phi) is 7.60. The van der Waals surface area contributed by atoms with Crippen LogP contribution in [0.15, 0.2) is 52.4 Å². The molecule has 0 saturated carbocycles. The molecule has 3 rings (SSSR count). The van der Waals surface area contributed by atoms with E-state index in [0.29, 0.717) is 36.1 Å². The van der Waals surface area contributed by atoms with Gasteiger partial charge in [-0.2, -0.15) is 0 Å². The predicted octanol–water partition coefficient (Wildman–Crippen LogP) is 5.19. The summed E-state index contributed by atoms with van der Waals surface area (Å²) in [6, 6.07) is 13.9. The van der Waals surface area contributed by atoms with Crippen LogP contribution in [0.2, 0.25) is 0 Å². The van der Waals surface area contributed by atoms with Gasteiger partial charge in [0.05, 0.1) is 12.0 Å². The summed E-state index contributed by atoms with van der Waals surface area (Å²) in [4.78, 5) is 19.4. The monoisotopic (exact) mass is 522 g/mol. The van der Waals surface area contributed by atoms with Gasteiger partial charge in [-0.1, -0.05) is 18.2 Å². The van der Waals surface area contributed by atoms with Gasteiger partial charge in [0, 0.05) is 16.7 Å². The number of methoxy groups -OCH3 is 1. The molecule has 2 aromatic carbocycles. The number of benzene rings is 2. The number of thioether (sulfide) groups is 1.